The summed E-state index contributed by atoms with van der Waals surface area (Å²) < 4.78 is 46.0. The number of hydrogen-bond donors (Lipinski definition) is 1. The lowest BCUT2D eigenvalue weighted by atomic mass is 10.0. The average molecular weight is 619 g/mol. The van der Waals surface area contributed by atoms with Crippen molar-refractivity contribution in [2.75, 3.05) is 23.3 Å². The number of pyridine rings is 2. The smallest absolute Gasteiger partial charge is 0.420 e. The molecule has 1 aromatic carbocycles. The summed E-state index contributed by atoms with van der Waals surface area (Å²) in [7, 11) is 0. The number of aromatic nitrogens is 6. The topological polar surface area (TPSA) is 111 Å². The highest BCUT2D eigenvalue weighted by Gasteiger charge is 2.29. The van der Waals surface area contributed by atoms with Gasteiger partial charge in [0.15, 0.2) is 0 Å². The summed E-state index contributed by atoms with van der Waals surface area (Å²) >= 11 is 4.82. The van der Waals surface area contributed by atoms with Crippen molar-refractivity contribution in [2.45, 2.75) is 24.6 Å². The Bertz CT molecular complexity index is 1870. The van der Waals surface area contributed by atoms with Crippen LogP contribution in [0.2, 0.25) is 0 Å². The molecule has 0 bridgehead atoms. The highest BCUT2D eigenvalue weighted by molar-refractivity contribution is 6.20. The molecule has 4 aromatic heterocycles. The summed E-state index contributed by atoms with van der Waals surface area (Å²) in [6.45, 7) is 0.664. The number of carbonyl (C=O) groups is 1. The lowest BCUT2D eigenvalue weighted by Crippen LogP contribution is -2.22. The van der Waals surface area contributed by atoms with Gasteiger partial charge in [-0.05, 0) is 48.9 Å². The Morgan fingerprint density at radius 2 is 1.84 bits per heavy atom. The summed E-state index contributed by atoms with van der Waals surface area (Å²) in [6.07, 6.45) is 8.30. The van der Waals surface area contributed by atoms with Crippen molar-refractivity contribution in [3.63, 3.8) is 0 Å². The van der Waals surface area contributed by atoms with Crippen LogP contribution < -0.4 is 15.0 Å². The Hall–Kier alpha value is -5.04. The normalized spacial score (nSPS) is 15.6. The number of nitrogens with zero attached hydrogens (tertiary/aromatic N) is 7. The quantitative estimate of drug-likeness (QED) is 0.228. The highest BCUT2D eigenvalue weighted by Crippen LogP contribution is 2.39. The van der Waals surface area contributed by atoms with Gasteiger partial charge >= 0.3 is 5.57 Å². The van der Waals surface area contributed by atoms with Crippen LogP contribution in [-0.4, -0.2) is 60.5 Å². The number of anilines is 2. The second kappa shape index (κ2) is 10.9. The van der Waals surface area contributed by atoms with Gasteiger partial charge in [0, 0.05) is 83.5 Å². The molecule has 1 aliphatic heterocycles. The Kier molecular flexibility index (Phi) is 6.88. The van der Waals surface area contributed by atoms with Gasteiger partial charge in [0.1, 0.15) is 17.7 Å². The molecule has 5 aromatic rings. The van der Waals surface area contributed by atoms with Gasteiger partial charge in [-0.1, -0.05) is 0 Å². The summed E-state index contributed by atoms with van der Waals surface area (Å²) in [5, 5.41) is 7.45. The van der Waals surface area contributed by atoms with Gasteiger partial charge in [0.05, 0.1) is 23.5 Å². The van der Waals surface area contributed by atoms with Crippen LogP contribution in [0, 0.1) is 0 Å². The molecule has 44 heavy (non-hydrogen) atoms. The molecule has 7 rings (SSSR count). The van der Waals surface area contributed by atoms with E-state index in [0.717, 1.165) is 22.5 Å². The largest absolute Gasteiger partial charge is 0.487 e. The monoisotopic (exact) mass is 618 g/mol. The van der Waals surface area contributed by atoms with Crippen molar-refractivity contribution in [3.8, 4) is 34.1 Å². The number of hydrogen-bond acceptors (Lipinski definition) is 8. The molecule has 1 aliphatic carbocycles. The molecule has 2 aliphatic rings. The minimum absolute atomic E-state index is 0.165. The van der Waals surface area contributed by atoms with Crippen molar-refractivity contribution < 1.29 is 22.7 Å². The molecule has 0 spiro atoms. The molecule has 0 saturated carbocycles. The predicted molar refractivity (Wildman–Crippen MR) is 156 cm³/mol. The van der Waals surface area contributed by atoms with Crippen LogP contribution in [0.1, 0.15) is 28.0 Å². The van der Waals surface area contributed by atoms with E-state index in [2.05, 4.69) is 25.0 Å². The maximum atomic E-state index is 14.2. The number of halogens is 4. The van der Waals surface area contributed by atoms with E-state index in [1.807, 2.05) is 17.2 Å². The molecule has 5 heterocycles. The van der Waals surface area contributed by atoms with E-state index in [4.69, 9.17) is 21.7 Å². The SMILES string of the molecule is O=C(Nc1ccc(OC(F)(F)Cl)cc1)c1cnc(N2CC[C@@H](F)C2)c(-c2cnc3c(c2)-c2nn(-c4ncccn4)cc2C3)c1. The molecule has 0 radical (unpaired) electrons. The van der Waals surface area contributed by atoms with E-state index in [-0.39, 0.29) is 17.9 Å². The minimum Gasteiger partial charge on any atom is -0.420 e. The standard InChI is InChI=1S/C30H22ClF3N8O2/c31-30(33,34)44-22-4-2-21(3-5-22)39-28(43)18-11-23(27(38-14-18)41-9-6-20(32)16-41)17-10-24-25(37-13-17)12-19-15-42(40-26(19)24)29-35-7-1-8-36-29/h1-5,7-8,10-11,13-15,20H,6,9,12,16H2,(H,39,43)/t20-/m1/s1. The number of ether oxygens (including phenoxy) is 1. The number of nitrogens with one attached hydrogen (secondary N) is 1. The van der Waals surface area contributed by atoms with Crippen LogP contribution in [0.25, 0.3) is 28.3 Å². The molecule has 1 amide bonds. The van der Waals surface area contributed by atoms with Crippen LogP contribution in [0.5, 0.6) is 5.75 Å². The van der Waals surface area contributed by atoms with Crippen LogP contribution in [0.4, 0.5) is 24.7 Å². The molecule has 1 saturated heterocycles. The molecule has 1 fully saturated rings. The zero-order valence-electron chi connectivity index (χ0n) is 22.8. The molecule has 14 heteroatoms. The Morgan fingerprint density at radius 1 is 1.05 bits per heavy atom. The van der Waals surface area contributed by atoms with Crippen molar-refractivity contribution >= 4 is 29.0 Å². The number of alkyl halides is 4. The van der Waals surface area contributed by atoms with Gasteiger partial charge in [0.25, 0.3) is 5.91 Å². The molecule has 222 valence electrons. The summed E-state index contributed by atoms with van der Waals surface area (Å²) in [5.41, 5.74) is 1.46. The maximum absolute atomic E-state index is 14.2. The molecule has 1 N–H and O–H groups in total. The van der Waals surface area contributed by atoms with E-state index >= 15 is 0 Å². The fraction of sp³-hybridized carbons (Fsp3) is 0.200. The van der Waals surface area contributed by atoms with Gasteiger partial charge in [-0.25, -0.2) is 24.0 Å². The minimum atomic E-state index is -3.85. The number of benzene rings is 1. The number of rotatable bonds is 7. The molecule has 0 unspecified atom stereocenters. The van der Waals surface area contributed by atoms with Crippen molar-refractivity contribution in [1.29, 1.82) is 0 Å². The predicted octanol–water partition coefficient (Wildman–Crippen LogP) is 5.66. The second-order valence-corrected chi connectivity index (χ2v) is 10.8. The Morgan fingerprint density at radius 3 is 2.57 bits per heavy atom. The fourth-order valence-corrected chi connectivity index (χ4v) is 5.43. The molecule has 10 nitrogen and oxygen atoms in total. The van der Waals surface area contributed by atoms with E-state index in [1.165, 1.54) is 30.5 Å². The third kappa shape index (κ3) is 5.53. The number of carbonyl (C=O) groups excluding carboxylic acids is 1. The lowest BCUT2D eigenvalue weighted by Gasteiger charge is -2.21. The van der Waals surface area contributed by atoms with Gasteiger partial charge < -0.3 is 15.0 Å². The Balaban J connectivity index is 1.21. The van der Waals surface area contributed by atoms with Gasteiger partial charge in [0.2, 0.25) is 5.95 Å². The molecule has 1 atom stereocenters. The average Bonchev–Trinajstić information content (AvgIpc) is 3.72. The van der Waals surface area contributed by atoms with Crippen molar-refractivity contribution in [1.82, 2.24) is 29.7 Å². The second-order valence-electron chi connectivity index (χ2n) is 10.3. The van der Waals surface area contributed by atoms with Crippen LogP contribution >= 0.6 is 11.6 Å². The number of amides is 1. The van der Waals surface area contributed by atoms with E-state index in [9.17, 15) is 18.0 Å². The highest BCUT2D eigenvalue weighted by atomic mass is 35.5. The maximum Gasteiger partial charge on any atom is 0.487 e. The van der Waals surface area contributed by atoms with E-state index in [0.29, 0.717) is 48.0 Å². The van der Waals surface area contributed by atoms with Gasteiger partial charge in [-0.2, -0.15) is 5.10 Å². The van der Waals surface area contributed by atoms with Gasteiger partial charge in [-0.3, -0.25) is 9.78 Å². The lowest BCUT2D eigenvalue weighted by molar-refractivity contribution is -0.0964. The fourth-order valence-electron chi connectivity index (χ4n) is 5.34. The first-order chi connectivity index (χ1) is 21.2. The first kappa shape index (κ1) is 27.8. The molecular weight excluding hydrogens is 597 g/mol. The Labute approximate surface area is 253 Å². The first-order valence-electron chi connectivity index (χ1n) is 13.6. The molecular formula is C30H22ClF3N8O2. The zero-order chi connectivity index (χ0) is 30.4. The summed E-state index contributed by atoms with van der Waals surface area (Å²) in [4.78, 5) is 32.9. The first-order valence-corrected chi connectivity index (χ1v) is 14.0. The summed E-state index contributed by atoms with van der Waals surface area (Å²) in [6, 6.07) is 10.7. The number of fused-ring (bicyclic) bond motifs is 3. The van der Waals surface area contributed by atoms with Crippen molar-refractivity contribution in [3.05, 3.63) is 90.3 Å². The van der Waals surface area contributed by atoms with Crippen LogP contribution in [0.15, 0.2) is 73.4 Å². The summed E-state index contributed by atoms with van der Waals surface area (Å²) in [5.74, 6) is 0.339. The van der Waals surface area contributed by atoms with Crippen LogP contribution in [0.3, 0.4) is 0 Å². The third-order valence-electron chi connectivity index (χ3n) is 7.35. The van der Waals surface area contributed by atoms with Crippen LogP contribution in [-0.2, 0) is 6.42 Å². The van der Waals surface area contributed by atoms with E-state index in [1.54, 1.807) is 35.4 Å². The van der Waals surface area contributed by atoms with E-state index < -0.39 is 17.6 Å². The third-order valence-corrected chi connectivity index (χ3v) is 7.42. The zero-order valence-corrected chi connectivity index (χ0v) is 23.5. The van der Waals surface area contributed by atoms with Gasteiger partial charge in [-0.15, -0.1) is 8.78 Å². The van der Waals surface area contributed by atoms with Crippen molar-refractivity contribution in [2.24, 2.45) is 0 Å².